The number of amides is 1. The molecule has 0 aliphatic rings. The van der Waals surface area contributed by atoms with Crippen molar-refractivity contribution in [1.29, 1.82) is 0 Å². The maximum Gasteiger partial charge on any atom is 0.251 e. The maximum absolute atomic E-state index is 12.2. The minimum atomic E-state index is -0.0346. The molecule has 0 bridgehead atoms. The minimum Gasteiger partial charge on any atom is -0.494 e. The first-order chi connectivity index (χ1) is 11.2. The number of nitrogens with one attached hydrogen (secondary N) is 1. The van der Waals surface area contributed by atoms with Crippen LogP contribution in [0.2, 0.25) is 0 Å². The van der Waals surface area contributed by atoms with Gasteiger partial charge < -0.3 is 10.1 Å². The van der Waals surface area contributed by atoms with E-state index < -0.39 is 0 Å². The highest BCUT2D eigenvalue weighted by Gasteiger charge is 2.10. The molecule has 1 amide bonds. The molecule has 1 N–H and O–H groups in total. The molecular formula is C20H25NO2. The third kappa shape index (κ3) is 5.78. The Kier molecular flexibility index (Phi) is 6.67. The molecule has 3 heteroatoms. The molecule has 2 aromatic rings. The molecule has 2 aromatic carbocycles. The first kappa shape index (κ1) is 17.1. The largest absolute Gasteiger partial charge is 0.494 e. The predicted molar refractivity (Wildman–Crippen MR) is 93.9 cm³/mol. The zero-order valence-electron chi connectivity index (χ0n) is 13.9. The summed E-state index contributed by atoms with van der Waals surface area (Å²) in [6, 6.07) is 17.8. The molecule has 0 unspecified atom stereocenters. The number of aryl methyl sites for hydroxylation is 1. The van der Waals surface area contributed by atoms with Gasteiger partial charge in [0.1, 0.15) is 5.75 Å². The topological polar surface area (TPSA) is 38.3 Å². The Labute approximate surface area is 138 Å². The number of carbonyl (C=O) groups excluding carboxylic acids is 1. The van der Waals surface area contributed by atoms with E-state index in [9.17, 15) is 4.79 Å². The third-order valence-corrected chi connectivity index (χ3v) is 3.68. The quantitative estimate of drug-likeness (QED) is 0.792. The van der Waals surface area contributed by atoms with Gasteiger partial charge >= 0.3 is 0 Å². The van der Waals surface area contributed by atoms with Crippen LogP contribution in [0, 0.1) is 0 Å². The second-order valence-corrected chi connectivity index (χ2v) is 5.77. The Bertz CT molecular complexity index is 593. The van der Waals surface area contributed by atoms with Crippen molar-refractivity contribution >= 4 is 5.91 Å². The lowest BCUT2D eigenvalue weighted by Gasteiger charge is -2.14. The number of rotatable bonds is 8. The summed E-state index contributed by atoms with van der Waals surface area (Å²) in [5, 5.41) is 3.05. The summed E-state index contributed by atoms with van der Waals surface area (Å²) in [5.74, 6) is 0.771. The molecule has 0 aliphatic carbocycles. The molecule has 0 aliphatic heterocycles. The summed E-state index contributed by atoms with van der Waals surface area (Å²) >= 11 is 0. The molecule has 2 rings (SSSR count). The van der Waals surface area contributed by atoms with Crippen LogP contribution < -0.4 is 10.1 Å². The third-order valence-electron chi connectivity index (χ3n) is 3.68. The smallest absolute Gasteiger partial charge is 0.251 e. The Morgan fingerprint density at radius 3 is 2.43 bits per heavy atom. The molecular weight excluding hydrogens is 286 g/mol. The van der Waals surface area contributed by atoms with Crippen LogP contribution in [-0.4, -0.2) is 18.6 Å². The Morgan fingerprint density at radius 2 is 1.78 bits per heavy atom. The average molecular weight is 311 g/mol. The highest BCUT2D eigenvalue weighted by molar-refractivity contribution is 5.94. The number of ether oxygens (including phenoxy) is 1. The fourth-order valence-corrected chi connectivity index (χ4v) is 2.33. The van der Waals surface area contributed by atoms with Gasteiger partial charge in [-0.05, 0) is 56.0 Å². The van der Waals surface area contributed by atoms with E-state index in [1.165, 1.54) is 5.56 Å². The Morgan fingerprint density at radius 1 is 1.09 bits per heavy atom. The maximum atomic E-state index is 12.2. The second-order valence-electron chi connectivity index (χ2n) is 5.77. The van der Waals surface area contributed by atoms with Crippen LogP contribution in [0.4, 0.5) is 0 Å². The summed E-state index contributed by atoms with van der Waals surface area (Å²) in [6.07, 6.45) is 2.86. The number of carbonyl (C=O) groups is 1. The van der Waals surface area contributed by atoms with E-state index in [2.05, 4.69) is 24.4 Å². The van der Waals surface area contributed by atoms with Gasteiger partial charge in [0.05, 0.1) is 6.61 Å². The van der Waals surface area contributed by atoms with Crippen molar-refractivity contribution in [2.45, 2.75) is 39.2 Å². The van der Waals surface area contributed by atoms with Crippen molar-refractivity contribution < 1.29 is 9.53 Å². The summed E-state index contributed by atoms with van der Waals surface area (Å²) in [7, 11) is 0. The van der Waals surface area contributed by atoms with Gasteiger partial charge in [-0.15, -0.1) is 0 Å². The zero-order valence-corrected chi connectivity index (χ0v) is 13.9. The molecule has 0 saturated carbocycles. The molecule has 0 aromatic heterocycles. The van der Waals surface area contributed by atoms with Crippen molar-refractivity contribution in [3.05, 3.63) is 65.7 Å². The van der Waals surface area contributed by atoms with Crippen molar-refractivity contribution in [3.63, 3.8) is 0 Å². The standard InChI is InChI=1S/C20H25NO2/c1-3-15-23-19-13-11-18(12-14-19)20(22)21-16(2)9-10-17-7-5-4-6-8-17/h4-8,11-14,16H,3,9-10,15H2,1-2H3,(H,21,22)/t16-/m0/s1. The molecule has 0 saturated heterocycles. The van der Waals surface area contributed by atoms with Crippen molar-refractivity contribution in [2.24, 2.45) is 0 Å². The second kappa shape index (κ2) is 8.99. The Balaban J connectivity index is 1.81. The van der Waals surface area contributed by atoms with E-state index in [0.717, 1.165) is 25.0 Å². The number of hydrogen-bond donors (Lipinski definition) is 1. The van der Waals surface area contributed by atoms with Crippen LogP contribution >= 0.6 is 0 Å². The molecule has 1 atom stereocenters. The summed E-state index contributed by atoms with van der Waals surface area (Å²) in [5.41, 5.74) is 1.96. The highest BCUT2D eigenvalue weighted by atomic mass is 16.5. The van der Waals surface area contributed by atoms with Crippen LogP contribution in [0.25, 0.3) is 0 Å². The van der Waals surface area contributed by atoms with E-state index >= 15 is 0 Å². The van der Waals surface area contributed by atoms with E-state index in [1.54, 1.807) is 0 Å². The molecule has 0 heterocycles. The summed E-state index contributed by atoms with van der Waals surface area (Å²) in [6.45, 7) is 4.81. The fraction of sp³-hybridized carbons (Fsp3) is 0.350. The molecule has 0 spiro atoms. The predicted octanol–water partition coefficient (Wildman–Crippen LogP) is 4.23. The van der Waals surface area contributed by atoms with Gasteiger partial charge in [0, 0.05) is 11.6 Å². The summed E-state index contributed by atoms with van der Waals surface area (Å²) < 4.78 is 5.53. The first-order valence-corrected chi connectivity index (χ1v) is 8.26. The number of benzene rings is 2. The van der Waals surface area contributed by atoms with Crippen LogP contribution in [0.5, 0.6) is 5.75 Å². The lowest BCUT2D eigenvalue weighted by atomic mass is 10.1. The molecule has 0 fully saturated rings. The first-order valence-electron chi connectivity index (χ1n) is 8.26. The van der Waals surface area contributed by atoms with Crippen molar-refractivity contribution in [3.8, 4) is 5.75 Å². The van der Waals surface area contributed by atoms with Crippen molar-refractivity contribution in [2.75, 3.05) is 6.61 Å². The van der Waals surface area contributed by atoms with Crippen LogP contribution in [0.15, 0.2) is 54.6 Å². The monoisotopic (exact) mass is 311 g/mol. The van der Waals surface area contributed by atoms with E-state index in [1.807, 2.05) is 49.4 Å². The average Bonchev–Trinajstić information content (AvgIpc) is 2.59. The van der Waals surface area contributed by atoms with Gasteiger partial charge in [-0.1, -0.05) is 37.3 Å². The van der Waals surface area contributed by atoms with Gasteiger partial charge in [0.2, 0.25) is 0 Å². The molecule has 122 valence electrons. The van der Waals surface area contributed by atoms with E-state index in [-0.39, 0.29) is 11.9 Å². The molecule has 0 radical (unpaired) electrons. The van der Waals surface area contributed by atoms with Crippen molar-refractivity contribution in [1.82, 2.24) is 5.32 Å². The van der Waals surface area contributed by atoms with Gasteiger partial charge in [0.25, 0.3) is 5.91 Å². The Hall–Kier alpha value is -2.29. The number of hydrogen-bond acceptors (Lipinski definition) is 2. The van der Waals surface area contributed by atoms with E-state index in [4.69, 9.17) is 4.74 Å². The fourth-order valence-electron chi connectivity index (χ4n) is 2.33. The molecule has 3 nitrogen and oxygen atoms in total. The van der Waals surface area contributed by atoms with Gasteiger partial charge in [-0.2, -0.15) is 0 Å². The van der Waals surface area contributed by atoms with Crippen LogP contribution in [0.3, 0.4) is 0 Å². The van der Waals surface area contributed by atoms with Crippen LogP contribution in [-0.2, 0) is 6.42 Å². The summed E-state index contributed by atoms with van der Waals surface area (Å²) in [4.78, 5) is 12.2. The molecule has 23 heavy (non-hydrogen) atoms. The highest BCUT2D eigenvalue weighted by Crippen LogP contribution is 2.13. The lowest BCUT2D eigenvalue weighted by Crippen LogP contribution is -2.32. The van der Waals surface area contributed by atoms with Crippen LogP contribution in [0.1, 0.15) is 42.6 Å². The van der Waals surface area contributed by atoms with E-state index in [0.29, 0.717) is 12.2 Å². The zero-order chi connectivity index (χ0) is 16.5. The lowest BCUT2D eigenvalue weighted by molar-refractivity contribution is 0.0938. The van der Waals surface area contributed by atoms with Gasteiger partial charge in [-0.3, -0.25) is 4.79 Å². The SMILES string of the molecule is CCCOc1ccc(C(=O)N[C@@H](C)CCc2ccccc2)cc1. The normalized spacial score (nSPS) is 11.7. The van der Waals surface area contributed by atoms with Gasteiger partial charge in [-0.25, -0.2) is 0 Å². The minimum absolute atomic E-state index is 0.0346. The van der Waals surface area contributed by atoms with Gasteiger partial charge in [0.15, 0.2) is 0 Å².